The maximum Gasteiger partial charge on any atom is 0.330 e. The number of aromatic amines is 1. The lowest BCUT2D eigenvalue weighted by Crippen LogP contribution is -2.38. The molecule has 31 heavy (non-hydrogen) atoms. The molecule has 0 bridgehead atoms. The molecule has 1 N–H and O–H groups in total. The summed E-state index contributed by atoms with van der Waals surface area (Å²) in [7, 11) is 0. The van der Waals surface area contributed by atoms with Gasteiger partial charge >= 0.3 is 5.69 Å². The van der Waals surface area contributed by atoms with Crippen LogP contribution in [0, 0.1) is 6.92 Å². The Kier molecular flexibility index (Phi) is 4.90. The van der Waals surface area contributed by atoms with Gasteiger partial charge in [-0.25, -0.2) is 9.78 Å². The predicted molar refractivity (Wildman–Crippen MR) is 118 cm³/mol. The van der Waals surface area contributed by atoms with E-state index >= 15 is 0 Å². The fourth-order valence-electron chi connectivity index (χ4n) is 4.13. The summed E-state index contributed by atoms with van der Waals surface area (Å²) in [6.45, 7) is 3.13. The minimum Gasteiger partial charge on any atom is -0.440 e. The Hall–Kier alpha value is -3.32. The monoisotopic (exact) mass is 436 g/mol. The van der Waals surface area contributed by atoms with Gasteiger partial charge in [-0.05, 0) is 62.2 Å². The van der Waals surface area contributed by atoms with E-state index < -0.39 is 0 Å². The summed E-state index contributed by atoms with van der Waals surface area (Å²) in [5.74, 6) is 0.884. The van der Waals surface area contributed by atoms with E-state index in [1.165, 1.54) is 0 Å². The van der Waals surface area contributed by atoms with Crippen molar-refractivity contribution < 1.29 is 9.21 Å². The van der Waals surface area contributed by atoms with E-state index in [2.05, 4.69) is 9.97 Å². The summed E-state index contributed by atoms with van der Waals surface area (Å²) in [6.07, 6.45) is 3.25. The first-order valence-electron chi connectivity index (χ1n) is 10.2. The number of fused-ring (bicyclic) bond motifs is 1. The smallest absolute Gasteiger partial charge is 0.330 e. The third-order valence-electron chi connectivity index (χ3n) is 5.83. The Morgan fingerprint density at radius 2 is 1.90 bits per heavy atom. The Bertz CT molecular complexity index is 1310. The van der Waals surface area contributed by atoms with Crippen molar-refractivity contribution in [2.45, 2.75) is 25.7 Å². The molecule has 0 radical (unpaired) electrons. The van der Waals surface area contributed by atoms with Gasteiger partial charge in [-0.1, -0.05) is 11.6 Å². The van der Waals surface area contributed by atoms with Crippen LogP contribution in [0.15, 0.2) is 57.9 Å². The van der Waals surface area contributed by atoms with Crippen molar-refractivity contribution in [1.82, 2.24) is 19.4 Å². The Morgan fingerprint density at radius 3 is 2.58 bits per heavy atom. The lowest BCUT2D eigenvalue weighted by atomic mass is 9.96. The van der Waals surface area contributed by atoms with Crippen molar-refractivity contribution in [3.05, 3.63) is 81.3 Å². The molecule has 0 unspecified atom stereocenters. The number of benzene rings is 2. The molecule has 2 aromatic heterocycles. The Morgan fingerprint density at radius 1 is 1.16 bits per heavy atom. The molecule has 1 fully saturated rings. The van der Waals surface area contributed by atoms with Gasteiger partial charge in [0.05, 0.1) is 5.69 Å². The van der Waals surface area contributed by atoms with Crippen LogP contribution in [0.2, 0.25) is 5.02 Å². The van der Waals surface area contributed by atoms with Gasteiger partial charge in [0.2, 0.25) is 0 Å². The van der Waals surface area contributed by atoms with Crippen LogP contribution in [0.4, 0.5) is 0 Å². The third-order valence-corrected chi connectivity index (χ3v) is 6.07. The highest BCUT2D eigenvalue weighted by molar-refractivity contribution is 6.31. The molecule has 0 aliphatic carbocycles. The van der Waals surface area contributed by atoms with Gasteiger partial charge < -0.3 is 14.3 Å². The highest BCUT2D eigenvalue weighted by Crippen LogP contribution is 2.31. The SMILES string of the molecule is Cc1c[nH]c(=O)n1-c1ccc(C(=O)N2CCC(c3nc4cc(Cl)ccc4o3)CC2)cc1. The van der Waals surface area contributed by atoms with Gasteiger partial charge in [0.15, 0.2) is 11.5 Å². The van der Waals surface area contributed by atoms with Crippen LogP contribution in [-0.4, -0.2) is 38.4 Å². The molecule has 5 rings (SSSR count). The molecule has 1 aliphatic heterocycles. The zero-order chi connectivity index (χ0) is 21.5. The zero-order valence-corrected chi connectivity index (χ0v) is 17.7. The standard InChI is InChI=1S/C23H21ClN4O3/c1-14-13-25-23(30)28(14)18-5-2-16(3-6-18)22(29)27-10-8-15(9-11-27)21-26-19-12-17(24)4-7-20(19)31-21/h2-7,12-13,15H,8-11H2,1H3,(H,25,30). The second-order valence-corrected chi connectivity index (χ2v) is 8.28. The number of carbonyl (C=O) groups excluding carboxylic acids is 1. The number of aryl methyl sites for hydroxylation is 1. The minimum atomic E-state index is -0.194. The molecule has 2 aromatic carbocycles. The molecule has 158 valence electrons. The van der Waals surface area contributed by atoms with Crippen LogP contribution in [0.3, 0.4) is 0 Å². The second kappa shape index (κ2) is 7.74. The van der Waals surface area contributed by atoms with Crippen LogP contribution in [0.5, 0.6) is 0 Å². The van der Waals surface area contributed by atoms with Crippen LogP contribution in [0.25, 0.3) is 16.8 Å². The number of aromatic nitrogens is 3. The number of imidazole rings is 1. The molecule has 7 nitrogen and oxygen atoms in total. The fraction of sp³-hybridized carbons (Fsp3) is 0.261. The van der Waals surface area contributed by atoms with Crippen molar-refractivity contribution >= 4 is 28.6 Å². The van der Waals surface area contributed by atoms with E-state index in [1.807, 2.05) is 17.9 Å². The summed E-state index contributed by atoms with van der Waals surface area (Å²) in [4.78, 5) is 34.0. The first-order chi connectivity index (χ1) is 15.0. The van der Waals surface area contributed by atoms with Crippen molar-refractivity contribution in [1.29, 1.82) is 0 Å². The average molecular weight is 437 g/mol. The molecule has 3 heterocycles. The lowest BCUT2D eigenvalue weighted by molar-refractivity contribution is 0.0706. The molecule has 0 spiro atoms. The highest BCUT2D eigenvalue weighted by Gasteiger charge is 2.27. The number of oxazole rings is 1. The number of hydrogen-bond acceptors (Lipinski definition) is 4. The van der Waals surface area contributed by atoms with Gasteiger partial charge in [0, 0.05) is 41.5 Å². The molecule has 0 saturated carbocycles. The van der Waals surface area contributed by atoms with Crippen LogP contribution < -0.4 is 5.69 Å². The Balaban J connectivity index is 1.27. The summed E-state index contributed by atoms with van der Waals surface area (Å²) in [6, 6.07) is 12.6. The number of halogens is 1. The Labute approximate surface area is 183 Å². The average Bonchev–Trinajstić information content (AvgIpc) is 3.36. The summed E-state index contributed by atoms with van der Waals surface area (Å²) >= 11 is 6.04. The van der Waals surface area contributed by atoms with Gasteiger partial charge in [-0.15, -0.1) is 0 Å². The number of likely N-dealkylation sites (tertiary alicyclic amines) is 1. The van der Waals surface area contributed by atoms with E-state index in [0.29, 0.717) is 29.6 Å². The number of H-pyrrole nitrogens is 1. The second-order valence-electron chi connectivity index (χ2n) is 7.85. The summed E-state index contributed by atoms with van der Waals surface area (Å²) in [5, 5.41) is 0.635. The first-order valence-corrected chi connectivity index (χ1v) is 10.6. The molecular weight excluding hydrogens is 416 g/mol. The number of nitrogens with one attached hydrogen (secondary N) is 1. The lowest BCUT2D eigenvalue weighted by Gasteiger charge is -2.30. The van der Waals surface area contributed by atoms with Crippen molar-refractivity contribution in [2.24, 2.45) is 0 Å². The zero-order valence-electron chi connectivity index (χ0n) is 17.0. The number of piperidine rings is 1. The minimum absolute atomic E-state index is 0.00696. The maximum atomic E-state index is 13.0. The first kappa shape index (κ1) is 19.6. The van der Waals surface area contributed by atoms with E-state index in [1.54, 1.807) is 47.2 Å². The van der Waals surface area contributed by atoms with Gasteiger partial charge in [-0.3, -0.25) is 9.36 Å². The number of carbonyl (C=O) groups is 1. The number of nitrogens with zero attached hydrogens (tertiary/aromatic N) is 3. The fourth-order valence-corrected chi connectivity index (χ4v) is 4.30. The predicted octanol–water partition coefficient (Wildman–Crippen LogP) is 4.29. The molecule has 0 atom stereocenters. The summed E-state index contributed by atoms with van der Waals surface area (Å²) in [5.41, 5.74) is 3.45. The van der Waals surface area contributed by atoms with E-state index in [-0.39, 0.29) is 17.5 Å². The number of amides is 1. The number of hydrogen-bond donors (Lipinski definition) is 1. The summed E-state index contributed by atoms with van der Waals surface area (Å²) < 4.78 is 7.48. The molecule has 1 amide bonds. The van der Waals surface area contributed by atoms with Crippen LogP contribution in [-0.2, 0) is 0 Å². The largest absolute Gasteiger partial charge is 0.440 e. The molecular formula is C23H21ClN4O3. The topological polar surface area (TPSA) is 84.1 Å². The van der Waals surface area contributed by atoms with Crippen LogP contribution in [0.1, 0.15) is 40.7 Å². The van der Waals surface area contributed by atoms with Crippen molar-refractivity contribution in [2.75, 3.05) is 13.1 Å². The van der Waals surface area contributed by atoms with E-state index in [4.69, 9.17) is 16.0 Å². The van der Waals surface area contributed by atoms with Gasteiger partial charge in [-0.2, -0.15) is 0 Å². The van der Waals surface area contributed by atoms with Crippen LogP contribution >= 0.6 is 11.6 Å². The maximum absolute atomic E-state index is 13.0. The van der Waals surface area contributed by atoms with Gasteiger partial charge in [0.1, 0.15) is 5.52 Å². The van der Waals surface area contributed by atoms with E-state index in [9.17, 15) is 9.59 Å². The van der Waals surface area contributed by atoms with Gasteiger partial charge in [0.25, 0.3) is 5.91 Å². The molecule has 8 heteroatoms. The van der Waals surface area contributed by atoms with Crippen molar-refractivity contribution in [3.63, 3.8) is 0 Å². The highest BCUT2D eigenvalue weighted by atomic mass is 35.5. The molecule has 1 aliphatic rings. The third kappa shape index (κ3) is 3.65. The number of rotatable bonds is 3. The molecule has 1 saturated heterocycles. The quantitative estimate of drug-likeness (QED) is 0.519. The van der Waals surface area contributed by atoms with E-state index in [0.717, 1.165) is 35.3 Å². The molecule has 4 aromatic rings. The normalized spacial score (nSPS) is 15.0. The van der Waals surface area contributed by atoms with Crippen molar-refractivity contribution in [3.8, 4) is 5.69 Å².